The van der Waals surface area contributed by atoms with Gasteiger partial charge in [-0.05, 0) is 41.8 Å². The summed E-state index contributed by atoms with van der Waals surface area (Å²) in [5, 5.41) is 8.80. The van der Waals surface area contributed by atoms with E-state index in [1.807, 2.05) is 11.3 Å². The van der Waals surface area contributed by atoms with Gasteiger partial charge in [-0.1, -0.05) is 91.0 Å². The van der Waals surface area contributed by atoms with Gasteiger partial charge in [0.15, 0.2) is 0 Å². The first-order valence-electron chi connectivity index (χ1n) is 13.9. The summed E-state index contributed by atoms with van der Waals surface area (Å²) < 4.78 is 7.50. The average Bonchev–Trinajstić information content (AvgIpc) is 3.71. The fourth-order valence-corrected chi connectivity index (χ4v) is 8.21. The molecule has 190 valence electrons. The standard InChI is InChI=1S/C37H21N3S/c1-2-13-27-24(12-1)34-31(40-30-17-7-5-15-28(30)38-37(27)40)21-20-25-22-10-3-6-16-29(22)39(35(25)34)32-18-9-14-26-23-11-4-8-19-33(23)41-36(26)32/h1-21H. The fourth-order valence-electron chi connectivity index (χ4n) is 7.00. The van der Waals surface area contributed by atoms with E-state index in [1.54, 1.807) is 0 Å². The predicted octanol–water partition coefficient (Wildman–Crippen LogP) is 10.3. The summed E-state index contributed by atoms with van der Waals surface area (Å²) in [5.74, 6) is 0. The lowest BCUT2D eigenvalue weighted by atomic mass is 10.0. The molecule has 0 aliphatic heterocycles. The smallest absolute Gasteiger partial charge is 0.146 e. The number of para-hydroxylation sites is 3. The Morgan fingerprint density at radius 3 is 2.10 bits per heavy atom. The minimum Gasteiger partial charge on any atom is -0.307 e. The highest BCUT2D eigenvalue weighted by molar-refractivity contribution is 7.26. The van der Waals surface area contributed by atoms with Crippen molar-refractivity contribution in [3.05, 3.63) is 127 Å². The topological polar surface area (TPSA) is 22.2 Å². The average molecular weight is 540 g/mol. The van der Waals surface area contributed by atoms with Gasteiger partial charge < -0.3 is 4.57 Å². The fraction of sp³-hybridized carbons (Fsp3) is 0. The van der Waals surface area contributed by atoms with E-state index < -0.39 is 0 Å². The highest BCUT2D eigenvalue weighted by atomic mass is 32.1. The Hall–Kier alpha value is -5.19. The molecule has 3 nitrogen and oxygen atoms in total. The summed E-state index contributed by atoms with van der Waals surface area (Å²) >= 11 is 1.88. The van der Waals surface area contributed by atoms with Crippen molar-refractivity contribution >= 4 is 91.7 Å². The lowest BCUT2D eigenvalue weighted by Crippen LogP contribution is -1.97. The number of hydrogen-bond acceptors (Lipinski definition) is 2. The van der Waals surface area contributed by atoms with Crippen molar-refractivity contribution in [2.75, 3.05) is 0 Å². The highest BCUT2D eigenvalue weighted by Gasteiger charge is 2.21. The van der Waals surface area contributed by atoms with Crippen molar-refractivity contribution in [3.8, 4) is 5.69 Å². The normalized spacial score (nSPS) is 12.4. The van der Waals surface area contributed by atoms with Gasteiger partial charge in [-0.3, -0.25) is 4.40 Å². The molecule has 0 aliphatic carbocycles. The van der Waals surface area contributed by atoms with E-state index in [0.717, 1.165) is 16.7 Å². The lowest BCUT2D eigenvalue weighted by Gasteiger charge is -2.14. The summed E-state index contributed by atoms with van der Waals surface area (Å²) in [6.45, 7) is 0. The van der Waals surface area contributed by atoms with Crippen LogP contribution in [0.1, 0.15) is 0 Å². The molecule has 4 heteroatoms. The highest BCUT2D eigenvalue weighted by Crippen LogP contribution is 2.44. The summed E-state index contributed by atoms with van der Waals surface area (Å²) in [7, 11) is 0. The van der Waals surface area contributed by atoms with Crippen LogP contribution < -0.4 is 0 Å². The Labute approximate surface area is 238 Å². The molecule has 4 heterocycles. The van der Waals surface area contributed by atoms with Gasteiger partial charge in [-0.2, -0.15) is 0 Å². The van der Waals surface area contributed by atoms with Crippen LogP contribution in [-0.4, -0.2) is 14.0 Å². The van der Waals surface area contributed by atoms with Gasteiger partial charge in [-0.25, -0.2) is 4.98 Å². The van der Waals surface area contributed by atoms with Gasteiger partial charge in [0.25, 0.3) is 0 Å². The van der Waals surface area contributed by atoms with Crippen LogP contribution in [0.4, 0.5) is 0 Å². The van der Waals surface area contributed by atoms with Gasteiger partial charge in [0.1, 0.15) is 5.65 Å². The molecule has 0 fully saturated rings. The molecule has 0 N–H and O–H groups in total. The molecular weight excluding hydrogens is 518 g/mol. The van der Waals surface area contributed by atoms with Gasteiger partial charge in [0.05, 0.1) is 38.0 Å². The number of aromatic nitrogens is 3. The molecular formula is C37H21N3S. The maximum absolute atomic E-state index is 5.12. The molecule has 4 aromatic heterocycles. The van der Waals surface area contributed by atoms with Crippen molar-refractivity contribution in [1.82, 2.24) is 14.0 Å². The van der Waals surface area contributed by atoms with Crippen LogP contribution >= 0.6 is 11.3 Å². The van der Waals surface area contributed by atoms with Crippen LogP contribution in [0.5, 0.6) is 0 Å². The Kier molecular flexibility index (Phi) is 4.07. The number of thiophene rings is 1. The molecule has 10 rings (SSSR count). The molecule has 0 radical (unpaired) electrons. The number of nitrogens with zero attached hydrogens (tertiary/aromatic N) is 3. The number of hydrogen-bond donors (Lipinski definition) is 0. The lowest BCUT2D eigenvalue weighted by molar-refractivity contribution is 1.21. The second-order valence-corrected chi connectivity index (χ2v) is 11.8. The number of pyridine rings is 1. The molecule has 0 bridgehead atoms. The van der Waals surface area contributed by atoms with Crippen LogP contribution in [0.25, 0.3) is 86.0 Å². The minimum absolute atomic E-state index is 1.00. The summed E-state index contributed by atoms with van der Waals surface area (Å²) in [5.41, 5.74) is 8.01. The molecule has 0 saturated heterocycles. The number of imidazole rings is 1. The molecule has 0 unspecified atom stereocenters. The van der Waals surface area contributed by atoms with Crippen LogP contribution in [0, 0.1) is 0 Å². The third-order valence-electron chi connectivity index (χ3n) is 8.68. The predicted molar refractivity (Wildman–Crippen MR) is 175 cm³/mol. The van der Waals surface area contributed by atoms with Crippen molar-refractivity contribution in [2.45, 2.75) is 0 Å². The Balaban J connectivity index is 1.51. The van der Waals surface area contributed by atoms with Gasteiger partial charge in [0.2, 0.25) is 0 Å². The monoisotopic (exact) mass is 539 g/mol. The zero-order valence-corrected chi connectivity index (χ0v) is 22.7. The Bertz CT molecular complexity index is 2700. The zero-order chi connectivity index (χ0) is 26.7. The minimum atomic E-state index is 1.00. The molecule has 0 aliphatic rings. The van der Waals surface area contributed by atoms with Crippen LogP contribution in [0.3, 0.4) is 0 Å². The first-order chi connectivity index (χ1) is 20.4. The molecule has 0 spiro atoms. The molecule has 41 heavy (non-hydrogen) atoms. The van der Waals surface area contributed by atoms with Crippen molar-refractivity contribution in [2.24, 2.45) is 0 Å². The Morgan fingerprint density at radius 2 is 1.20 bits per heavy atom. The van der Waals surface area contributed by atoms with Crippen molar-refractivity contribution < 1.29 is 0 Å². The Morgan fingerprint density at radius 1 is 0.488 bits per heavy atom. The van der Waals surface area contributed by atoms with E-state index in [0.29, 0.717) is 0 Å². The second-order valence-electron chi connectivity index (χ2n) is 10.8. The van der Waals surface area contributed by atoms with Crippen molar-refractivity contribution in [3.63, 3.8) is 0 Å². The third-order valence-corrected chi connectivity index (χ3v) is 9.89. The second kappa shape index (κ2) is 7.72. The summed E-state index contributed by atoms with van der Waals surface area (Å²) in [4.78, 5) is 5.12. The van der Waals surface area contributed by atoms with Gasteiger partial charge in [-0.15, -0.1) is 11.3 Å². The van der Waals surface area contributed by atoms with E-state index in [4.69, 9.17) is 4.98 Å². The number of fused-ring (bicyclic) bond motifs is 15. The molecule has 0 atom stereocenters. The van der Waals surface area contributed by atoms with Crippen LogP contribution in [0.2, 0.25) is 0 Å². The number of rotatable bonds is 1. The first kappa shape index (κ1) is 21.6. The van der Waals surface area contributed by atoms with E-state index in [9.17, 15) is 0 Å². The molecule has 0 saturated carbocycles. The van der Waals surface area contributed by atoms with E-state index in [1.165, 1.54) is 69.3 Å². The largest absolute Gasteiger partial charge is 0.307 e. The zero-order valence-electron chi connectivity index (χ0n) is 21.9. The quantitative estimate of drug-likeness (QED) is 0.190. The van der Waals surface area contributed by atoms with Gasteiger partial charge in [0, 0.05) is 37.0 Å². The van der Waals surface area contributed by atoms with E-state index in [2.05, 4.69) is 136 Å². The summed E-state index contributed by atoms with van der Waals surface area (Å²) in [6, 6.07) is 46.2. The third kappa shape index (κ3) is 2.70. The maximum Gasteiger partial charge on any atom is 0.146 e. The maximum atomic E-state index is 5.12. The van der Waals surface area contributed by atoms with Crippen molar-refractivity contribution in [1.29, 1.82) is 0 Å². The van der Waals surface area contributed by atoms with Crippen LogP contribution in [0.15, 0.2) is 127 Å². The molecule has 0 amide bonds. The summed E-state index contributed by atoms with van der Waals surface area (Å²) in [6.07, 6.45) is 0. The van der Waals surface area contributed by atoms with E-state index in [-0.39, 0.29) is 0 Å². The molecule has 6 aromatic carbocycles. The number of benzene rings is 6. The van der Waals surface area contributed by atoms with E-state index >= 15 is 0 Å². The molecule has 10 aromatic rings. The SMILES string of the molecule is c1ccc2c(c1)nc1c3ccccc3c3c4c(ccc3n21)c1ccccc1n4-c1cccc2c1sc1ccccc12. The first-order valence-corrected chi connectivity index (χ1v) is 14.7. The van der Waals surface area contributed by atoms with Crippen LogP contribution in [-0.2, 0) is 0 Å². The van der Waals surface area contributed by atoms with Gasteiger partial charge >= 0.3 is 0 Å².